The van der Waals surface area contributed by atoms with Crippen molar-refractivity contribution in [3.8, 4) is 11.5 Å². The molecular formula is C15H14BrNO3. The van der Waals surface area contributed by atoms with Crippen LogP contribution in [0.15, 0.2) is 46.9 Å². The Morgan fingerprint density at radius 1 is 1.10 bits per heavy atom. The molecule has 2 aromatic rings. The fourth-order valence-electron chi connectivity index (χ4n) is 1.87. The molecule has 2 aromatic carbocycles. The lowest BCUT2D eigenvalue weighted by Gasteiger charge is -2.17. The lowest BCUT2D eigenvalue weighted by molar-refractivity contribution is 0.0784. The van der Waals surface area contributed by atoms with Gasteiger partial charge in [-0.3, -0.25) is 4.79 Å². The molecule has 0 aliphatic rings. The summed E-state index contributed by atoms with van der Waals surface area (Å²) < 4.78 is 0.980. The maximum atomic E-state index is 12.2. The van der Waals surface area contributed by atoms with Crippen LogP contribution in [0.1, 0.15) is 15.9 Å². The summed E-state index contributed by atoms with van der Waals surface area (Å²) in [6.45, 7) is 0.447. The summed E-state index contributed by atoms with van der Waals surface area (Å²) in [6, 6.07) is 11.5. The van der Waals surface area contributed by atoms with E-state index < -0.39 is 0 Å². The number of amides is 1. The van der Waals surface area contributed by atoms with Crippen LogP contribution >= 0.6 is 15.9 Å². The van der Waals surface area contributed by atoms with E-state index in [1.54, 1.807) is 7.05 Å². The molecule has 1 amide bonds. The van der Waals surface area contributed by atoms with Crippen molar-refractivity contribution < 1.29 is 15.0 Å². The van der Waals surface area contributed by atoms with Crippen molar-refractivity contribution in [2.45, 2.75) is 6.54 Å². The molecule has 104 valence electrons. The van der Waals surface area contributed by atoms with Gasteiger partial charge < -0.3 is 15.1 Å². The number of nitrogens with zero attached hydrogens (tertiary/aromatic N) is 1. The van der Waals surface area contributed by atoms with Crippen LogP contribution in [0.2, 0.25) is 0 Å². The van der Waals surface area contributed by atoms with Gasteiger partial charge in [0.15, 0.2) is 0 Å². The van der Waals surface area contributed by atoms with Gasteiger partial charge in [0.05, 0.1) is 0 Å². The Bertz CT molecular complexity index is 605. The van der Waals surface area contributed by atoms with Crippen LogP contribution in [0.3, 0.4) is 0 Å². The van der Waals surface area contributed by atoms with Crippen molar-refractivity contribution in [1.82, 2.24) is 4.90 Å². The third-order valence-corrected chi connectivity index (χ3v) is 3.36. The summed E-state index contributed by atoms with van der Waals surface area (Å²) in [5.74, 6) is -0.532. The topological polar surface area (TPSA) is 60.8 Å². The average Bonchev–Trinajstić information content (AvgIpc) is 2.39. The van der Waals surface area contributed by atoms with E-state index in [-0.39, 0.29) is 23.0 Å². The number of halogens is 1. The molecule has 0 unspecified atom stereocenters. The molecule has 0 spiro atoms. The highest BCUT2D eigenvalue weighted by atomic mass is 79.9. The first-order chi connectivity index (χ1) is 9.45. The second kappa shape index (κ2) is 5.96. The lowest BCUT2D eigenvalue weighted by Crippen LogP contribution is -2.26. The number of phenolic OH excluding ortho intramolecular Hbond substituents is 2. The number of benzene rings is 2. The van der Waals surface area contributed by atoms with E-state index in [9.17, 15) is 15.0 Å². The second-order valence-corrected chi connectivity index (χ2v) is 5.44. The van der Waals surface area contributed by atoms with Crippen LogP contribution in [0.4, 0.5) is 0 Å². The van der Waals surface area contributed by atoms with Crippen LogP contribution in [-0.2, 0) is 6.54 Å². The summed E-state index contributed by atoms with van der Waals surface area (Å²) >= 11 is 3.36. The molecule has 0 saturated heterocycles. The molecule has 5 heteroatoms. The highest BCUT2D eigenvalue weighted by Gasteiger charge is 2.13. The van der Waals surface area contributed by atoms with Gasteiger partial charge in [-0.1, -0.05) is 28.1 Å². The molecule has 0 radical (unpaired) electrons. The van der Waals surface area contributed by atoms with Gasteiger partial charge in [-0.05, 0) is 29.8 Å². The number of aromatic hydroxyl groups is 2. The molecule has 20 heavy (non-hydrogen) atoms. The lowest BCUT2D eigenvalue weighted by atomic mass is 10.1. The van der Waals surface area contributed by atoms with Crippen LogP contribution < -0.4 is 0 Å². The fourth-order valence-corrected chi connectivity index (χ4v) is 2.14. The minimum Gasteiger partial charge on any atom is -0.508 e. The Kier molecular flexibility index (Phi) is 4.29. The maximum absolute atomic E-state index is 12.2. The second-order valence-electron chi connectivity index (χ2n) is 4.53. The number of phenols is 2. The summed E-state index contributed by atoms with van der Waals surface area (Å²) in [5.41, 5.74) is 1.25. The Hall–Kier alpha value is -2.01. The predicted octanol–water partition coefficient (Wildman–Crippen LogP) is 3.13. The van der Waals surface area contributed by atoms with E-state index in [4.69, 9.17) is 0 Å². The normalized spacial score (nSPS) is 10.3. The highest BCUT2D eigenvalue weighted by Crippen LogP contribution is 2.21. The predicted molar refractivity (Wildman–Crippen MR) is 79.7 cm³/mol. The molecule has 4 nitrogen and oxygen atoms in total. The molecule has 0 fully saturated rings. The van der Waals surface area contributed by atoms with Crippen molar-refractivity contribution in [2.75, 3.05) is 7.05 Å². The molecule has 0 bridgehead atoms. The first-order valence-corrected chi connectivity index (χ1v) is 6.78. The van der Waals surface area contributed by atoms with E-state index in [0.29, 0.717) is 6.54 Å². The third kappa shape index (κ3) is 3.51. The molecule has 2 N–H and O–H groups in total. The van der Waals surface area contributed by atoms with Gasteiger partial charge in [0.1, 0.15) is 11.5 Å². The molecular weight excluding hydrogens is 322 g/mol. The number of carbonyl (C=O) groups excluding carboxylic acids is 1. The minimum absolute atomic E-state index is 0.134. The summed E-state index contributed by atoms with van der Waals surface area (Å²) in [7, 11) is 1.67. The van der Waals surface area contributed by atoms with Gasteiger partial charge in [0.25, 0.3) is 5.91 Å². The third-order valence-electron chi connectivity index (χ3n) is 2.83. The zero-order valence-corrected chi connectivity index (χ0v) is 12.5. The van der Waals surface area contributed by atoms with Crippen LogP contribution in [0.5, 0.6) is 11.5 Å². The van der Waals surface area contributed by atoms with Gasteiger partial charge in [-0.15, -0.1) is 0 Å². The molecule has 0 saturated carbocycles. The van der Waals surface area contributed by atoms with Gasteiger partial charge in [0.2, 0.25) is 0 Å². The number of hydrogen-bond donors (Lipinski definition) is 2. The summed E-state index contributed by atoms with van der Waals surface area (Å²) in [5, 5.41) is 18.8. The Morgan fingerprint density at radius 3 is 2.20 bits per heavy atom. The standard InChI is InChI=1S/C15H14BrNO3/c1-17(9-10-2-4-12(16)5-3-10)15(20)11-6-13(18)8-14(19)7-11/h2-8,18-19H,9H2,1H3. The minimum atomic E-state index is -0.265. The van der Waals surface area contributed by atoms with Gasteiger partial charge in [0, 0.05) is 29.7 Å². The SMILES string of the molecule is CN(Cc1ccc(Br)cc1)C(=O)c1cc(O)cc(O)c1. The van der Waals surface area contributed by atoms with Crippen molar-refractivity contribution in [3.05, 3.63) is 58.1 Å². The summed E-state index contributed by atoms with van der Waals surface area (Å²) in [4.78, 5) is 13.7. The zero-order chi connectivity index (χ0) is 14.7. The molecule has 0 heterocycles. The Balaban J connectivity index is 2.14. The monoisotopic (exact) mass is 335 g/mol. The van der Waals surface area contributed by atoms with E-state index in [0.717, 1.165) is 10.0 Å². The highest BCUT2D eigenvalue weighted by molar-refractivity contribution is 9.10. The molecule has 0 atom stereocenters. The van der Waals surface area contributed by atoms with E-state index in [1.807, 2.05) is 24.3 Å². The van der Waals surface area contributed by atoms with Crippen LogP contribution in [0.25, 0.3) is 0 Å². The zero-order valence-electron chi connectivity index (χ0n) is 10.9. The first kappa shape index (κ1) is 14.4. The van der Waals surface area contributed by atoms with Crippen molar-refractivity contribution in [3.63, 3.8) is 0 Å². The Labute approximate surface area is 125 Å². The number of hydrogen-bond acceptors (Lipinski definition) is 3. The van der Waals surface area contributed by atoms with E-state index in [2.05, 4.69) is 15.9 Å². The average molecular weight is 336 g/mol. The van der Waals surface area contributed by atoms with Crippen molar-refractivity contribution >= 4 is 21.8 Å². The molecule has 0 aromatic heterocycles. The first-order valence-electron chi connectivity index (χ1n) is 5.98. The quantitative estimate of drug-likeness (QED) is 0.905. The maximum Gasteiger partial charge on any atom is 0.254 e. The molecule has 2 rings (SSSR count). The van der Waals surface area contributed by atoms with Crippen molar-refractivity contribution in [1.29, 1.82) is 0 Å². The van der Waals surface area contributed by atoms with Gasteiger partial charge in [-0.2, -0.15) is 0 Å². The van der Waals surface area contributed by atoms with Crippen molar-refractivity contribution in [2.24, 2.45) is 0 Å². The largest absolute Gasteiger partial charge is 0.508 e. The smallest absolute Gasteiger partial charge is 0.254 e. The van der Waals surface area contributed by atoms with Gasteiger partial charge >= 0.3 is 0 Å². The molecule has 0 aliphatic carbocycles. The summed E-state index contributed by atoms with van der Waals surface area (Å²) in [6.07, 6.45) is 0. The molecule has 0 aliphatic heterocycles. The van der Waals surface area contributed by atoms with Crippen LogP contribution in [0, 0.1) is 0 Å². The Morgan fingerprint density at radius 2 is 1.65 bits per heavy atom. The van der Waals surface area contributed by atoms with Gasteiger partial charge in [-0.25, -0.2) is 0 Å². The van der Waals surface area contributed by atoms with E-state index in [1.165, 1.54) is 23.1 Å². The fraction of sp³-hybridized carbons (Fsp3) is 0.133. The van der Waals surface area contributed by atoms with E-state index >= 15 is 0 Å². The number of rotatable bonds is 3. The van der Waals surface area contributed by atoms with Crippen LogP contribution in [-0.4, -0.2) is 28.1 Å². The number of carbonyl (C=O) groups is 1.